The van der Waals surface area contributed by atoms with E-state index in [2.05, 4.69) is 41.3 Å². The van der Waals surface area contributed by atoms with Gasteiger partial charge in [0.25, 0.3) is 0 Å². The van der Waals surface area contributed by atoms with Gasteiger partial charge in [-0.05, 0) is 35.3 Å². The van der Waals surface area contributed by atoms with Gasteiger partial charge in [0.15, 0.2) is 0 Å². The summed E-state index contributed by atoms with van der Waals surface area (Å²) in [6.45, 7) is 2.26. The van der Waals surface area contributed by atoms with Gasteiger partial charge in [-0.1, -0.05) is 0 Å². The number of piperidine rings is 1. The molecule has 0 bridgehead atoms. The van der Waals surface area contributed by atoms with E-state index < -0.39 is 5.60 Å². The molecule has 1 aliphatic rings. The van der Waals surface area contributed by atoms with Crippen molar-refractivity contribution >= 4 is 15.9 Å². The van der Waals surface area contributed by atoms with Crippen molar-refractivity contribution in [1.29, 1.82) is 0 Å². The van der Waals surface area contributed by atoms with Crippen LogP contribution in [-0.2, 0) is 19.2 Å². The SMILES string of the molecule is Cn1ncc(Br)c1CN1CCCC(O)(c2cn[nH]n2)C1. The van der Waals surface area contributed by atoms with Crippen molar-refractivity contribution in [3.05, 3.63) is 28.3 Å². The monoisotopic (exact) mass is 340 g/mol. The average Bonchev–Trinajstić information content (AvgIpc) is 3.05. The van der Waals surface area contributed by atoms with E-state index in [1.165, 1.54) is 0 Å². The number of halogens is 1. The van der Waals surface area contributed by atoms with E-state index in [0.29, 0.717) is 18.7 Å². The molecular weight excluding hydrogens is 324 g/mol. The van der Waals surface area contributed by atoms with E-state index >= 15 is 0 Å². The predicted octanol–water partition coefficient (Wildman–Crippen LogP) is 0.784. The van der Waals surface area contributed by atoms with Crippen molar-refractivity contribution in [3.63, 3.8) is 0 Å². The number of nitrogens with one attached hydrogen (secondary N) is 1. The second kappa shape index (κ2) is 5.27. The molecule has 1 fully saturated rings. The molecular formula is C12H17BrN6O. The Labute approximate surface area is 125 Å². The lowest BCUT2D eigenvalue weighted by Crippen LogP contribution is -2.46. The summed E-state index contributed by atoms with van der Waals surface area (Å²) < 4.78 is 2.85. The number of β-amino-alcohol motifs (C(OH)–C–C–N with tert-alkyl or cyclic N) is 1. The normalized spacial score (nSPS) is 24.1. The third-order valence-corrected chi connectivity index (χ3v) is 4.49. The lowest BCUT2D eigenvalue weighted by atomic mass is 9.90. The van der Waals surface area contributed by atoms with E-state index in [1.807, 2.05) is 11.7 Å². The van der Waals surface area contributed by atoms with E-state index in [-0.39, 0.29) is 0 Å². The summed E-state index contributed by atoms with van der Waals surface area (Å²) in [4.78, 5) is 2.22. The molecule has 1 aliphatic heterocycles. The molecule has 2 aromatic rings. The minimum Gasteiger partial charge on any atom is -0.382 e. The van der Waals surface area contributed by atoms with E-state index in [1.54, 1.807) is 12.4 Å². The van der Waals surface area contributed by atoms with E-state index in [0.717, 1.165) is 29.7 Å². The third-order valence-electron chi connectivity index (χ3n) is 3.83. The number of aliphatic hydroxyl groups is 1. The molecule has 1 unspecified atom stereocenters. The number of hydrogen-bond donors (Lipinski definition) is 2. The minimum atomic E-state index is -0.920. The van der Waals surface area contributed by atoms with E-state index in [4.69, 9.17) is 0 Å². The molecule has 1 saturated heterocycles. The van der Waals surface area contributed by atoms with Crippen LogP contribution in [-0.4, -0.2) is 48.3 Å². The molecule has 20 heavy (non-hydrogen) atoms. The number of aryl methyl sites for hydroxylation is 1. The fourth-order valence-electron chi connectivity index (χ4n) is 2.72. The number of aromatic nitrogens is 5. The summed E-state index contributed by atoms with van der Waals surface area (Å²) in [7, 11) is 1.92. The maximum Gasteiger partial charge on any atom is 0.123 e. The highest BCUT2D eigenvalue weighted by Crippen LogP contribution is 2.31. The van der Waals surface area contributed by atoms with Crippen LogP contribution >= 0.6 is 15.9 Å². The number of hydrogen-bond acceptors (Lipinski definition) is 5. The predicted molar refractivity (Wildman–Crippen MR) is 75.7 cm³/mol. The van der Waals surface area contributed by atoms with Crippen LogP contribution in [0.4, 0.5) is 0 Å². The topological polar surface area (TPSA) is 82.9 Å². The van der Waals surface area contributed by atoms with E-state index in [9.17, 15) is 5.11 Å². The van der Waals surface area contributed by atoms with Crippen LogP contribution in [0.1, 0.15) is 24.2 Å². The molecule has 2 aromatic heterocycles. The molecule has 3 heterocycles. The second-order valence-corrected chi connectivity index (χ2v) is 6.12. The second-order valence-electron chi connectivity index (χ2n) is 5.26. The van der Waals surface area contributed by atoms with Gasteiger partial charge in [0.1, 0.15) is 11.3 Å². The average molecular weight is 341 g/mol. The zero-order valence-electron chi connectivity index (χ0n) is 11.3. The van der Waals surface area contributed by atoms with Gasteiger partial charge in [-0.25, -0.2) is 0 Å². The van der Waals surface area contributed by atoms with Crippen LogP contribution in [0.5, 0.6) is 0 Å². The van der Waals surface area contributed by atoms with Crippen LogP contribution in [0.2, 0.25) is 0 Å². The fourth-order valence-corrected chi connectivity index (χ4v) is 3.19. The van der Waals surface area contributed by atoms with Gasteiger partial charge in [-0.2, -0.15) is 20.5 Å². The fraction of sp³-hybridized carbons (Fsp3) is 0.583. The highest BCUT2D eigenvalue weighted by molar-refractivity contribution is 9.10. The van der Waals surface area contributed by atoms with Crippen LogP contribution < -0.4 is 0 Å². The number of aromatic amines is 1. The Kier molecular flexibility index (Phi) is 3.61. The number of H-pyrrole nitrogens is 1. The summed E-state index contributed by atoms with van der Waals surface area (Å²) in [5.41, 5.74) is 0.803. The maximum absolute atomic E-state index is 10.8. The van der Waals surface area contributed by atoms with Gasteiger partial charge in [-0.15, -0.1) is 0 Å². The number of rotatable bonds is 3. The van der Waals surface area contributed by atoms with Crippen molar-refractivity contribution < 1.29 is 5.11 Å². The molecule has 1 atom stereocenters. The van der Waals surface area contributed by atoms with Gasteiger partial charge in [-0.3, -0.25) is 9.58 Å². The highest BCUT2D eigenvalue weighted by atomic mass is 79.9. The van der Waals surface area contributed by atoms with Crippen LogP contribution in [0.15, 0.2) is 16.9 Å². The van der Waals surface area contributed by atoms with Gasteiger partial charge in [0, 0.05) is 20.1 Å². The summed E-state index contributed by atoms with van der Waals surface area (Å²) in [6, 6.07) is 0. The molecule has 0 radical (unpaired) electrons. The quantitative estimate of drug-likeness (QED) is 0.862. The molecule has 108 valence electrons. The highest BCUT2D eigenvalue weighted by Gasteiger charge is 2.37. The first-order valence-corrected chi connectivity index (χ1v) is 7.35. The minimum absolute atomic E-state index is 0.553. The van der Waals surface area contributed by atoms with Crippen molar-refractivity contribution in [2.45, 2.75) is 25.0 Å². The zero-order chi connectivity index (χ0) is 14.2. The first-order chi connectivity index (χ1) is 9.58. The first-order valence-electron chi connectivity index (χ1n) is 6.56. The summed E-state index contributed by atoms with van der Waals surface area (Å²) in [6.07, 6.45) is 5.04. The lowest BCUT2D eigenvalue weighted by Gasteiger charge is -2.37. The number of likely N-dealkylation sites (tertiary alicyclic amines) is 1. The Balaban J connectivity index is 1.76. The Bertz CT molecular complexity index is 563. The van der Waals surface area contributed by atoms with Gasteiger partial charge in [0.2, 0.25) is 0 Å². The molecule has 7 nitrogen and oxygen atoms in total. The Morgan fingerprint density at radius 1 is 1.50 bits per heavy atom. The summed E-state index contributed by atoms with van der Waals surface area (Å²) in [5, 5.41) is 25.4. The molecule has 2 N–H and O–H groups in total. The van der Waals surface area contributed by atoms with Gasteiger partial charge < -0.3 is 5.11 Å². The summed E-state index contributed by atoms with van der Waals surface area (Å²) >= 11 is 3.51. The molecule has 0 saturated carbocycles. The van der Waals surface area contributed by atoms with Gasteiger partial charge in [0.05, 0.1) is 22.6 Å². The lowest BCUT2D eigenvalue weighted by molar-refractivity contribution is -0.0420. The van der Waals surface area contributed by atoms with Crippen LogP contribution in [0.3, 0.4) is 0 Å². The first kappa shape index (κ1) is 13.7. The van der Waals surface area contributed by atoms with Crippen LogP contribution in [0.25, 0.3) is 0 Å². The van der Waals surface area contributed by atoms with Crippen LogP contribution in [0, 0.1) is 0 Å². The molecule has 0 amide bonds. The molecule has 0 aromatic carbocycles. The molecule has 8 heteroatoms. The standard InChI is InChI=1S/C12H17BrN6O/c1-18-10(9(13)5-15-18)7-19-4-2-3-12(20,8-19)11-6-14-17-16-11/h5-6,20H,2-4,7-8H2,1H3,(H,14,16,17). The molecule has 3 rings (SSSR count). The molecule has 0 aliphatic carbocycles. The largest absolute Gasteiger partial charge is 0.382 e. The number of nitrogens with zero attached hydrogens (tertiary/aromatic N) is 5. The summed E-state index contributed by atoms with van der Waals surface area (Å²) in [5.74, 6) is 0. The van der Waals surface area contributed by atoms with Crippen molar-refractivity contribution in [2.24, 2.45) is 7.05 Å². The third kappa shape index (κ3) is 2.50. The van der Waals surface area contributed by atoms with Crippen molar-refractivity contribution in [3.8, 4) is 0 Å². The Morgan fingerprint density at radius 2 is 2.35 bits per heavy atom. The smallest absolute Gasteiger partial charge is 0.123 e. The Morgan fingerprint density at radius 3 is 3.00 bits per heavy atom. The van der Waals surface area contributed by atoms with Crippen molar-refractivity contribution in [1.82, 2.24) is 30.1 Å². The van der Waals surface area contributed by atoms with Gasteiger partial charge >= 0.3 is 0 Å². The zero-order valence-corrected chi connectivity index (χ0v) is 12.8. The van der Waals surface area contributed by atoms with Crippen molar-refractivity contribution in [2.75, 3.05) is 13.1 Å². The maximum atomic E-state index is 10.8. The Hall–Kier alpha value is -1.25. The molecule has 0 spiro atoms.